The van der Waals surface area contributed by atoms with E-state index in [2.05, 4.69) is 17.4 Å². The molecule has 1 saturated heterocycles. The SMILES string of the molecule is O=C(NCc1cccc2c1CCOC2)N1CCCC(O)(C2CC2)C1. The average Bonchev–Trinajstić information content (AvgIpc) is 3.45. The number of carbonyl (C=O) groups is 1. The number of hydrogen-bond donors (Lipinski definition) is 2. The monoisotopic (exact) mass is 330 g/mol. The molecule has 2 heterocycles. The normalized spacial score (nSPS) is 26.8. The molecule has 2 fully saturated rings. The minimum atomic E-state index is -0.654. The van der Waals surface area contributed by atoms with Gasteiger partial charge in [0.25, 0.3) is 0 Å². The van der Waals surface area contributed by atoms with Crippen LogP contribution in [0.15, 0.2) is 18.2 Å². The smallest absolute Gasteiger partial charge is 0.317 e. The molecule has 2 N–H and O–H groups in total. The number of piperidine rings is 1. The van der Waals surface area contributed by atoms with Crippen LogP contribution in [0.3, 0.4) is 0 Å². The van der Waals surface area contributed by atoms with Crippen LogP contribution < -0.4 is 5.32 Å². The topological polar surface area (TPSA) is 61.8 Å². The zero-order chi connectivity index (χ0) is 16.6. The molecule has 0 spiro atoms. The van der Waals surface area contributed by atoms with Crippen LogP contribution in [0.2, 0.25) is 0 Å². The van der Waals surface area contributed by atoms with Crippen LogP contribution in [0.5, 0.6) is 0 Å². The molecule has 0 radical (unpaired) electrons. The number of benzene rings is 1. The molecule has 0 aromatic heterocycles. The van der Waals surface area contributed by atoms with Crippen molar-refractivity contribution in [2.24, 2.45) is 5.92 Å². The zero-order valence-corrected chi connectivity index (χ0v) is 14.1. The minimum absolute atomic E-state index is 0.0570. The second-order valence-electron chi connectivity index (χ2n) is 7.42. The highest BCUT2D eigenvalue weighted by molar-refractivity contribution is 5.74. The molecule has 5 heteroatoms. The number of nitrogens with one attached hydrogen (secondary N) is 1. The Morgan fingerprint density at radius 2 is 2.29 bits per heavy atom. The van der Waals surface area contributed by atoms with Crippen molar-refractivity contribution in [1.82, 2.24) is 10.2 Å². The molecule has 0 bridgehead atoms. The van der Waals surface area contributed by atoms with E-state index in [1.807, 2.05) is 6.07 Å². The fourth-order valence-corrected chi connectivity index (χ4v) is 4.14. The quantitative estimate of drug-likeness (QED) is 0.893. The number of amides is 2. The summed E-state index contributed by atoms with van der Waals surface area (Å²) in [6.45, 7) is 3.17. The minimum Gasteiger partial charge on any atom is -0.388 e. The van der Waals surface area contributed by atoms with Crippen molar-refractivity contribution < 1.29 is 14.6 Å². The van der Waals surface area contributed by atoms with Crippen LogP contribution in [-0.2, 0) is 24.3 Å². The fraction of sp³-hybridized carbons (Fsp3) is 0.632. The number of β-amino-alcohol motifs (C(OH)–C–C–N with tert-alkyl or cyclic N) is 1. The summed E-state index contributed by atoms with van der Waals surface area (Å²) in [6, 6.07) is 6.15. The maximum Gasteiger partial charge on any atom is 0.317 e. The fourth-order valence-electron chi connectivity index (χ4n) is 4.14. The number of fused-ring (bicyclic) bond motifs is 1. The first-order chi connectivity index (χ1) is 11.7. The van der Waals surface area contributed by atoms with Gasteiger partial charge in [-0.3, -0.25) is 0 Å². The number of rotatable bonds is 3. The summed E-state index contributed by atoms with van der Waals surface area (Å²) in [5.74, 6) is 0.397. The van der Waals surface area contributed by atoms with E-state index in [1.54, 1.807) is 4.90 Å². The van der Waals surface area contributed by atoms with Crippen LogP contribution in [0.4, 0.5) is 4.79 Å². The zero-order valence-electron chi connectivity index (χ0n) is 14.1. The van der Waals surface area contributed by atoms with Gasteiger partial charge >= 0.3 is 6.03 Å². The number of likely N-dealkylation sites (tertiary alicyclic amines) is 1. The van der Waals surface area contributed by atoms with Crippen molar-refractivity contribution in [2.45, 2.75) is 50.9 Å². The van der Waals surface area contributed by atoms with Gasteiger partial charge in [-0.15, -0.1) is 0 Å². The van der Waals surface area contributed by atoms with Crippen LogP contribution in [0, 0.1) is 5.92 Å². The molecule has 1 aromatic rings. The van der Waals surface area contributed by atoms with Gasteiger partial charge < -0.3 is 20.1 Å². The van der Waals surface area contributed by atoms with Crippen molar-refractivity contribution in [3.63, 3.8) is 0 Å². The molecule has 5 nitrogen and oxygen atoms in total. The Kier molecular flexibility index (Phi) is 4.22. The molecule has 1 saturated carbocycles. The number of ether oxygens (including phenoxy) is 1. The Morgan fingerprint density at radius 1 is 1.42 bits per heavy atom. The Bertz CT molecular complexity index is 629. The lowest BCUT2D eigenvalue weighted by atomic mass is 9.88. The Morgan fingerprint density at radius 3 is 3.12 bits per heavy atom. The second-order valence-corrected chi connectivity index (χ2v) is 7.42. The molecule has 4 rings (SSSR count). The summed E-state index contributed by atoms with van der Waals surface area (Å²) in [5.41, 5.74) is 3.07. The first-order valence-corrected chi connectivity index (χ1v) is 9.08. The lowest BCUT2D eigenvalue weighted by Crippen LogP contribution is -2.54. The Hall–Kier alpha value is -1.59. The lowest BCUT2D eigenvalue weighted by molar-refractivity contribution is -0.0362. The third kappa shape index (κ3) is 3.15. The summed E-state index contributed by atoms with van der Waals surface area (Å²) in [5, 5.41) is 13.8. The van der Waals surface area contributed by atoms with Crippen LogP contribution >= 0.6 is 0 Å². The van der Waals surface area contributed by atoms with Gasteiger partial charge in [-0.1, -0.05) is 18.2 Å². The Balaban J connectivity index is 1.38. The van der Waals surface area contributed by atoms with E-state index < -0.39 is 5.60 Å². The molecule has 2 amide bonds. The van der Waals surface area contributed by atoms with E-state index in [1.165, 1.54) is 16.7 Å². The van der Waals surface area contributed by atoms with Crippen molar-refractivity contribution >= 4 is 6.03 Å². The Labute approximate surface area is 143 Å². The van der Waals surface area contributed by atoms with Gasteiger partial charge in [0, 0.05) is 13.1 Å². The summed E-state index contributed by atoms with van der Waals surface area (Å²) >= 11 is 0. The highest BCUT2D eigenvalue weighted by Crippen LogP contribution is 2.44. The third-order valence-electron chi connectivity index (χ3n) is 5.68. The van der Waals surface area contributed by atoms with Crippen LogP contribution in [0.1, 0.15) is 42.4 Å². The van der Waals surface area contributed by atoms with E-state index in [0.717, 1.165) is 45.3 Å². The summed E-state index contributed by atoms with van der Waals surface area (Å²) < 4.78 is 5.50. The highest BCUT2D eigenvalue weighted by Gasteiger charge is 2.46. The molecular weight excluding hydrogens is 304 g/mol. The lowest BCUT2D eigenvalue weighted by Gasteiger charge is -2.39. The van der Waals surface area contributed by atoms with Crippen LogP contribution in [-0.4, -0.2) is 41.3 Å². The third-order valence-corrected chi connectivity index (χ3v) is 5.68. The van der Waals surface area contributed by atoms with E-state index in [-0.39, 0.29) is 6.03 Å². The van der Waals surface area contributed by atoms with E-state index in [4.69, 9.17) is 4.74 Å². The molecule has 130 valence electrons. The van der Waals surface area contributed by atoms with Crippen molar-refractivity contribution in [3.8, 4) is 0 Å². The number of nitrogens with zero attached hydrogens (tertiary/aromatic N) is 1. The number of aliphatic hydroxyl groups is 1. The number of carbonyl (C=O) groups excluding carboxylic acids is 1. The van der Waals surface area contributed by atoms with Gasteiger partial charge in [0.15, 0.2) is 0 Å². The van der Waals surface area contributed by atoms with Crippen LogP contribution in [0.25, 0.3) is 0 Å². The standard InChI is InChI=1S/C19H26N2O3/c22-18(21-9-2-8-19(23,13-21)16-5-6-16)20-11-14-3-1-4-15-12-24-10-7-17(14)15/h1,3-4,16,23H,2,5-13H2,(H,20,22). The molecule has 2 aliphatic heterocycles. The molecule has 1 aliphatic carbocycles. The van der Waals surface area contributed by atoms with Crippen molar-refractivity contribution in [3.05, 3.63) is 34.9 Å². The maximum atomic E-state index is 12.5. The first-order valence-electron chi connectivity index (χ1n) is 9.08. The van der Waals surface area contributed by atoms with Crippen molar-refractivity contribution in [2.75, 3.05) is 19.7 Å². The highest BCUT2D eigenvalue weighted by atomic mass is 16.5. The predicted octanol–water partition coefficient (Wildman–Crippen LogP) is 2.21. The van der Waals surface area contributed by atoms with Gasteiger partial charge in [0.2, 0.25) is 0 Å². The number of hydrogen-bond acceptors (Lipinski definition) is 3. The predicted molar refractivity (Wildman–Crippen MR) is 90.5 cm³/mol. The van der Waals surface area contributed by atoms with Crippen molar-refractivity contribution in [1.29, 1.82) is 0 Å². The average molecular weight is 330 g/mol. The molecule has 1 aromatic carbocycles. The summed E-state index contributed by atoms with van der Waals surface area (Å²) in [6.07, 6.45) is 4.83. The first kappa shape index (κ1) is 15.9. The van der Waals surface area contributed by atoms with E-state index in [0.29, 0.717) is 25.6 Å². The van der Waals surface area contributed by atoms with E-state index in [9.17, 15) is 9.90 Å². The second kappa shape index (κ2) is 6.37. The molecule has 3 aliphatic rings. The molecule has 1 unspecified atom stereocenters. The maximum absolute atomic E-state index is 12.5. The van der Waals surface area contributed by atoms with Gasteiger partial charge in [-0.25, -0.2) is 4.79 Å². The largest absolute Gasteiger partial charge is 0.388 e. The summed E-state index contributed by atoms with van der Waals surface area (Å²) in [7, 11) is 0. The molecule has 1 atom stereocenters. The van der Waals surface area contributed by atoms with Gasteiger partial charge in [0.05, 0.1) is 25.4 Å². The number of urea groups is 1. The van der Waals surface area contributed by atoms with Gasteiger partial charge in [0.1, 0.15) is 0 Å². The van der Waals surface area contributed by atoms with Gasteiger partial charge in [-0.2, -0.15) is 0 Å². The summed E-state index contributed by atoms with van der Waals surface area (Å²) in [4.78, 5) is 14.3. The van der Waals surface area contributed by atoms with E-state index >= 15 is 0 Å². The van der Waals surface area contributed by atoms with Gasteiger partial charge in [-0.05, 0) is 54.7 Å². The molecular formula is C19H26N2O3. The molecule has 24 heavy (non-hydrogen) atoms.